The van der Waals surface area contributed by atoms with Gasteiger partial charge in [0.15, 0.2) is 6.61 Å². The number of ether oxygens (including phenoxy) is 1. The van der Waals surface area contributed by atoms with Crippen LogP contribution in [0, 0.1) is 0 Å². The molecule has 2 N–H and O–H groups in total. The van der Waals surface area contributed by atoms with Gasteiger partial charge in [0.2, 0.25) is 15.9 Å². The van der Waals surface area contributed by atoms with E-state index in [1.807, 2.05) is 0 Å². The van der Waals surface area contributed by atoms with Crippen molar-refractivity contribution in [3.8, 4) is 5.75 Å². The highest BCUT2D eigenvalue weighted by molar-refractivity contribution is 7.89. The number of carbonyl (C=O) groups excluding carboxylic acids is 2. The van der Waals surface area contributed by atoms with E-state index in [0.29, 0.717) is 30.2 Å². The third-order valence-corrected chi connectivity index (χ3v) is 6.30. The summed E-state index contributed by atoms with van der Waals surface area (Å²) >= 11 is 0. The lowest BCUT2D eigenvalue weighted by Gasteiger charge is -2.15. The first-order valence-corrected chi connectivity index (χ1v) is 10.7. The minimum absolute atomic E-state index is 0.169. The minimum Gasteiger partial charge on any atom is -0.484 e. The second-order valence-electron chi connectivity index (χ2n) is 6.68. The molecule has 0 aliphatic carbocycles. The first-order valence-electron chi connectivity index (χ1n) is 9.25. The molecular weight excluding hydrogens is 394 g/mol. The SMILES string of the molecule is CC(=O)Nc1ccc(OCC(=O)Nc2ccc(S(=O)(=O)N3CCCC3)cc2)cc1. The van der Waals surface area contributed by atoms with Crippen LogP contribution >= 0.6 is 0 Å². The third-order valence-electron chi connectivity index (χ3n) is 4.39. The number of sulfonamides is 1. The predicted octanol–water partition coefficient (Wildman–Crippen LogP) is 2.45. The minimum atomic E-state index is -3.47. The molecule has 0 spiro atoms. The average Bonchev–Trinajstić information content (AvgIpc) is 3.23. The molecular formula is C20H23N3O5S. The summed E-state index contributed by atoms with van der Waals surface area (Å²) in [6.07, 6.45) is 1.76. The third kappa shape index (κ3) is 5.55. The van der Waals surface area contributed by atoms with Gasteiger partial charge in [-0.2, -0.15) is 4.31 Å². The van der Waals surface area contributed by atoms with Crippen LogP contribution in [-0.2, 0) is 19.6 Å². The summed E-state index contributed by atoms with van der Waals surface area (Å²) in [7, 11) is -3.47. The maximum Gasteiger partial charge on any atom is 0.262 e. The summed E-state index contributed by atoms with van der Waals surface area (Å²) in [4.78, 5) is 23.3. The lowest BCUT2D eigenvalue weighted by molar-refractivity contribution is -0.118. The molecule has 0 radical (unpaired) electrons. The molecule has 0 aromatic heterocycles. The molecule has 1 aliphatic heterocycles. The number of hydrogen-bond acceptors (Lipinski definition) is 5. The molecule has 1 fully saturated rings. The zero-order valence-corrected chi connectivity index (χ0v) is 16.9. The van der Waals surface area contributed by atoms with Crippen LogP contribution < -0.4 is 15.4 Å². The van der Waals surface area contributed by atoms with Crippen LogP contribution in [0.2, 0.25) is 0 Å². The smallest absolute Gasteiger partial charge is 0.262 e. The van der Waals surface area contributed by atoms with Crippen molar-refractivity contribution in [2.24, 2.45) is 0 Å². The zero-order chi connectivity index (χ0) is 20.9. The van der Waals surface area contributed by atoms with Crippen LogP contribution in [0.3, 0.4) is 0 Å². The van der Waals surface area contributed by atoms with Crippen LogP contribution in [0.15, 0.2) is 53.4 Å². The monoisotopic (exact) mass is 417 g/mol. The predicted molar refractivity (Wildman–Crippen MR) is 109 cm³/mol. The van der Waals surface area contributed by atoms with Gasteiger partial charge in [-0.3, -0.25) is 9.59 Å². The number of benzene rings is 2. The molecule has 1 aliphatic rings. The largest absolute Gasteiger partial charge is 0.484 e. The van der Waals surface area contributed by atoms with Gasteiger partial charge in [-0.1, -0.05) is 0 Å². The number of amides is 2. The van der Waals surface area contributed by atoms with Gasteiger partial charge in [0.1, 0.15) is 5.75 Å². The van der Waals surface area contributed by atoms with E-state index in [4.69, 9.17) is 4.74 Å². The van der Waals surface area contributed by atoms with Gasteiger partial charge in [0.25, 0.3) is 5.91 Å². The number of hydrogen-bond donors (Lipinski definition) is 2. The maximum absolute atomic E-state index is 12.5. The molecule has 1 heterocycles. The lowest BCUT2D eigenvalue weighted by atomic mass is 10.3. The van der Waals surface area contributed by atoms with Gasteiger partial charge < -0.3 is 15.4 Å². The van der Waals surface area contributed by atoms with Crippen molar-refractivity contribution < 1.29 is 22.7 Å². The van der Waals surface area contributed by atoms with Gasteiger partial charge >= 0.3 is 0 Å². The van der Waals surface area contributed by atoms with E-state index >= 15 is 0 Å². The normalized spacial score (nSPS) is 14.4. The number of anilines is 2. The average molecular weight is 417 g/mol. The molecule has 1 saturated heterocycles. The number of carbonyl (C=O) groups is 2. The topological polar surface area (TPSA) is 105 Å². The fourth-order valence-corrected chi connectivity index (χ4v) is 4.49. The summed E-state index contributed by atoms with van der Waals surface area (Å²) in [5.41, 5.74) is 1.12. The van der Waals surface area contributed by atoms with E-state index in [1.54, 1.807) is 36.4 Å². The van der Waals surface area contributed by atoms with Gasteiger partial charge in [0, 0.05) is 31.4 Å². The van der Waals surface area contributed by atoms with Crippen molar-refractivity contribution in [2.45, 2.75) is 24.7 Å². The van der Waals surface area contributed by atoms with Gasteiger partial charge in [0.05, 0.1) is 4.90 Å². The van der Waals surface area contributed by atoms with Crippen molar-refractivity contribution in [2.75, 3.05) is 30.3 Å². The van der Waals surface area contributed by atoms with Gasteiger partial charge in [-0.25, -0.2) is 8.42 Å². The Bertz CT molecular complexity index is 966. The molecule has 0 saturated carbocycles. The Morgan fingerprint density at radius 2 is 1.48 bits per heavy atom. The summed E-state index contributed by atoms with van der Waals surface area (Å²) in [5, 5.41) is 5.31. The second-order valence-corrected chi connectivity index (χ2v) is 8.62. The second kappa shape index (κ2) is 9.06. The van der Waals surface area contributed by atoms with E-state index in [9.17, 15) is 18.0 Å². The van der Waals surface area contributed by atoms with E-state index in [0.717, 1.165) is 12.8 Å². The van der Waals surface area contributed by atoms with Crippen molar-refractivity contribution in [3.05, 3.63) is 48.5 Å². The molecule has 0 bridgehead atoms. The summed E-state index contributed by atoms with van der Waals surface area (Å²) < 4.78 is 31.9. The van der Waals surface area contributed by atoms with Crippen LogP contribution in [0.5, 0.6) is 5.75 Å². The summed E-state index contributed by atoms with van der Waals surface area (Å²) in [5.74, 6) is -0.0512. The molecule has 0 unspecified atom stereocenters. The van der Waals surface area contributed by atoms with Crippen LogP contribution in [0.25, 0.3) is 0 Å². The molecule has 2 amide bonds. The highest BCUT2D eigenvalue weighted by Crippen LogP contribution is 2.22. The Kier molecular flexibility index (Phi) is 6.50. The highest BCUT2D eigenvalue weighted by atomic mass is 32.2. The zero-order valence-electron chi connectivity index (χ0n) is 16.1. The maximum atomic E-state index is 12.5. The standard InChI is InChI=1S/C20H23N3O5S/c1-15(24)21-16-4-8-18(9-5-16)28-14-20(25)22-17-6-10-19(11-7-17)29(26,27)23-12-2-3-13-23/h4-11H,2-3,12-14H2,1H3,(H,21,24)(H,22,25). The lowest BCUT2D eigenvalue weighted by Crippen LogP contribution is -2.27. The Morgan fingerprint density at radius 3 is 2.07 bits per heavy atom. The first-order chi connectivity index (χ1) is 13.8. The molecule has 9 heteroatoms. The molecule has 29 heavy (non-hydrogen) atoms. The number of rotatable bonds is 7. The number of nitrogens with one attached hydrogen (secondary N) is 2. The fourth-order valence-electron chi connectivity index (χ4n) is 2.97. The molecule has 2 aromatic carbocycles. The fraction of sp³-hybridized carbons (Fsp3) is 0.300. The van der Waals surface area contributed by atoms with E-state index in [2.05, 4.69) is 10.6 Å². The Hall–Kier alpha value is -2.91. The van der Waals surface area contributed by atoms with Crippen LogP contribution in [0.4, 0.5) is 11.4 Å². The van der Waals surface area contributed by atoms with Crippen molar-refractivity contribution in [1.82, 2.24) is 4.31 Å². The Balaban J connectivity index is 1.52. The van der Waals surface area contributed by atoms with Crippen molar-refractivity contribution in [3.63, 3.8) is 0 Å². The molecule has 154 valence electrons. The number of nitrogens with zero attached hydrogens (tertiary/aromatic N) is 1. The molecule has 3 rings (SSSR count). The van der Waals surface area contributed by atoms with E-state index in [1.165, 1.54) is 23.4 Å². The van der Waals surface area contributed by atoms with Crippen molar-refractivity contribution >= 4 is 33.2 Å². The van der Waals surface area contributed by atoms with Crippen LogP contribution in [0.1, 0.15) is 19.8 Å². The van der Waals surface area contributed by atoms with Crippen LogP contribution in [-0.4, -0.2) is 44.2 Å². The quantitative estimate of drug-likeness (QED) is 0.720. The summed E-state index contributed by atoms with van der Waals surface area (Å²) in [6.45, 7) is 2.31. The first kappa shape index (κ1) is 20.8. The van der Waals surface area contributed by atoms with E-state index in [-0.39, 0.29) is 23.3 Å². The Morgan fingerprint density at radius 1 is 0.931 bits per heavy atom. The molecule has 0 atom stereocenters. The van der Waals surface area contributed by atoms with Crippen molar-refractivity contribution in [1.29, 1.82) is 0 Å². The van der Waals surface area contributed by atoms with Gasteiger partial charge in [-0.05, 0) is 61.4 Å². The highest BCUT2D eigenvalue weighted by Gasteiger charge is 2.26. The van der Waals surface area contributed by atoms with E-state index < -0.39 is 10.0 Å². The van der Waals surface area contributed by atoms with Gasteiger partial charge in [-0.15, -0.1) is 0 Å². The molecule has 2 aromatic rings. The molecule has 8 nitrogen and oxygen atoms in total. The summed E-state index contributed by atoms with van der Waals surface area (Å²) in [6, 6.07) is 12.7. The Labute approximate surface area is 169 Å².